The number of likely N-dealkylation sites (tertiary alicyclic amines) is 1. The van der Waals surface area contributed by atoms with E-state index in [4.69, 9.17) is 0 Å². The third-order valence-corrected chi connectivity index (χ3v) is 5.91. The lowest BCUT2D eigenvalue weighted by atomic mass is 10.1. The molecule has 0 aromatic carbocycles. The molecule has 3 heterocycles. The van der Waals surface area contributed by atoms with Crippen LogP contribution in [-0.2, 0) is 19.4 Å². The number of hydrogen-bond donors (Lipinski definition) is 1. The summed E-state index contributed by atoms with van der Waals surface area (Å²) in [5.74, 6) is 0.679. The van der Waals surface area contributed by atoms with Gasteiger partial charge in [0, 0.05) is 37.6 Å². The molecule has 1 aliphatic heterocycles. The van der Waals surface area contributed by atoms with E-state index in [2.05, 4.69) is 39.4 Å². The molecule has 0 spiro atoms. The number of carbonyl (C=O) groups is 1. The van der Waals surface area contributed by atoms with Crippen LogP contribution in [-0.4, -0.2) is 52.0 Å². The lowest BCUT2D eigenvalue weighted by molar-refractivity contribution is 0.200. The monoisotopic (exact) mass is 379 g/mol. The maximum atomic E-state index is 12.7. The van der Waals surface area contributed by atoms with Gasteiger partial charge in [0.2, 0.25) is 0 Å². The highest BCUT2D eigenvalue weighted by molar-refractivity contribution is 5.88. The molecule has 2 aromatic heterocycles. The topological polar surface area (TPSA) is 61.4 Å². The van der Waals surface area contributed by atoms with Gasteiger partial charge in [-0.05, 0) is 69.3 Å². The molecule has 2 amide bonds. The normalized spacial score (nSPS) is 19.4. The first-order chi connectivity index (χ1) is 13.7. The Kier molecular flexibility index (Phi) is 5.86. The van der Waals surface area contributed by atoms with E-state index in [0.29, 0.717) is 11.9 Å². The fourth-order valence-corrected chi connectivity index (χ4v) is 4.28. The van der Waals surface area contributed by atoms with Crippen molar-refractivity contribution in [1.29, 1.82) is 0 Å². The van der Waals surface area contributed by atoms with Crippen molar-refractivity contribution in [3.63, 3.8) is 0 Å². The third-order valence-electron chi connectivity index (χ3n) is 5.91. The van der Waals surface area contributed by atoms with Gasteiger partial charge in [0.15, 0.2) is 0 Å². The second kappa shape index (κ2) is 8.69. The minimum atomic E-state index is -0.0292. The summed E-state index contributed by atoms with van der Waals surface area (Å²) >= 11 is 0. The zero-order valence-electron chi connectivity index (χ0n) is 16.6. The summed E-state index contributed by atoms with van der Waals surface area (Å²) in [5, 5.41) is 3.01. The molecule has 1 aliphatic carbocycles. The highest BCUT2D eigenvalue weighted by atomic mass is 16.2. The Balaban J connectivity index is 1.31. The quantitative estimate of drug-likeness (QED) is 0.883. The molecule has 0 radical (unpaired) electrons. The predicted octanol–water partition coefficient (Wildman–Crippen LogP) is 3.48. The number of carbonyl (C=O) groups excluding carboxylic acids is 1. The van der Waals surface area contributed by atoms with Gasteiger partial charge in [-0.1, -0.05) is 12.1 Å². The Labute approximate surface area is 167 Å². The van der Waals surface area contributed by atoms with E-state index in [0.717, 1.165) is 63.1 Å². The molecule has 0 saturated carbocycles. The summed E-state index contributed by atoms with van der Waals surface area (Å²) in [7, 11) is 2.16. The number of aromatic nitrogens is 2. The van der Waals surface area contributed by atoms with Crippen LogP contribution in [0.5, 0.6) is 0 Å². The smallest absolute Gasteiger partial charge is 0.323 e. The van der Waals surface area contributed by atoms with Gasteiger partial charge in [0.1, 0.15) is 5.82 Å². The van der Waals surface area contributed by atoms with Crippen LogP contribution in [0.1, 0.15) is 42.6 Å². The predicted molar refractivity (Wildman–Crippen MR) is 110 cm³/mol. The average Bonchev–Trinajstić information content (AvgIpc) is 3.02. The number of pyridine rings is 2. The van der Waals surface area contributed by atoms with Gasteiger partial charge in [-0.15, -0.1) is 0 Å². The molecule has 1 unspecified atom stereocenters. The molecule has 2 aromatic rings. The first-order valence-corrected chi connectivity index (χ1v) is 10.3. The average molecular weight is 380 g/mol. The second-order valence-corrected chi connectivity index (χ2v) is 7.89. The van der Waals surface area contributed by atoms with Crippen molar-refractivity contribution in [2.45, 2.75) is 51.1 Å². The van der Waals surface area contributed by atoms with E-state index in [-0.39, 0.29) is 6.03 Å². The van der Waals surface area contributed by atoms with Gasteiger partial charge < -0.3 is 4.90 Å². The lowest BCUT2D eigenvalue weighted by Gasteiger charge is -2.27. The minimum Gasteiger partial charge on any atom is -0.324 e. The highest BCUT2D eigenvalue weighted by Gasteiger charge is 2.24. The van der Waals surface area contributed by atoms with Gasteiger partial charge in [-0.25, -0.2) is 9.78 Å². The van der Waals surface area contributed by atoms with E-state index in [1.165, 1.54) is 12.0 Å². The fourth-order valence-electron chi connectivity index (χ4n) is 4.28. The van der Waals surface area contributed by atoms with Crippen molar-refractivity contribution in [1.82, 2.24) is 19.8 Å². The van der Waals surface area contributed by atoms with Gasteiger partial charge in [0.05, 0.1) is 5.69 Å². The molecule has 28 heavy (non-hydrogen) atoms. The highest BCUT2D eigenvalue weighted by Crippen LogP contribution is 2.22. The number of amides is 2. The van der Waals surface area contributed by atoms with Gasteiger partial charge in [-0.3, -0.25) is 15.2 Å². The summed E-state index contributed by atoms with van der Waals surface area (Å²) in [6.45, 7) is 2.41. The lowest BCUT2D eigenvalue weighted by Crippen LogP contribution is -2.37. The summed E-state index contributed by atoms with van der Waals surface area (Å²) in [6.07, 6.45) is 8.23. The number of nitrogens with one attached hydrogen (secondary N) is 1. The SMILES string of the molecule is CN(Cc1ccccn1)C1CCCN(C(=O)Nc2ccc3c(n2)CCC3)CC1. The van der Waals surface area contributed by atoms with Crippen LogP contribution in [0.25, 0.3) is 0 Å². The summed E-state index contributed by atoms with van der Waals surface area (Å²) < 4.78 is 0. The van der Waals surface area contributed by atoms with Crippen molar-refractivity contribution in [3.8, 4) is 0 Å². The third kappa shape index (κ3) is 4.50. The number of anilines is 1. The van der Waals surface area contributed by atoms with Gasteiger partial charge >= 0.3 is 6.03 Å². The Hall–Kier alpha value is -2.47. The maximum Gasteiger partial charge on any atom is 0.323 e. The van der Waals surface area contributed by atoms with Crippen molar-refractivity contribution < 1.29 is 4.79 Å². The standard InChI is InChI=1S/C22H29N5O/c1-26(16-18-7-2-3-13-23-18)19-8-5-14-27(15-12-19)22(28)25-21-11-10-17-6-4-9-20(17)24-21/h2-3,7,10-11,13,19H,4-6,8-9,12,14-16H2,1H3,(H,24,25,28). The molecule has 148 valence electrons. The van der Waals surface area contributed by atoms with E-state index < -0.39 is 0 Å². The number of hydrogen-bond acceptors (Lipinski definition) is 4. The van der Waals surface area contributed by atoms with E-state index in [1.54, 1.807) is 0 Å². The molecule has 2 aliphatic rings. The Morgan fingerprint density at radius 2 is 2.11 bits per heavy atom. The number of fused-ring (bicyclic) bond motifs is 1. The van der Waals surface area contributed by atoms with E-state index in [9.17, 15) is 4.79 Å². The van der Waals surface area contributed by atoms with Gasteiger partial charge in [-0.2, -0.15) is 0 Å². The Bertz CT molecular complexity index is 810. The first kappa shape index (κ1) is 18.9. The Morgan fingerprint density at radius 3 is 2.96 bits per heavy atom. The van der Waals surface area contributed by atoms with E-state index >= 15 is 0 Å². The van der Waals surface area contributed by atoms with Crippen LogP contribution in [0.2, 0.25) is 0 Å². The largest absolute Gasteiger partial charge is 0.324 e. The summed E-state index contributed by atoms with van der Waals surface area (Å²) in [5.41, 5.74) is 3.56. The molecular formula is C22H29N5O. The van der Waals surface area contributed by atoms with Crippen molar-refractivity contribution in [3.05, 3.63) is 53.5 Å². The molecular weight excluding hydrogens is 350 g/mol. The van der Waals surface area contributed by atoms with Crippen LogP contribution in [0.15, 0.2) is 36.5 Å². The number of aryl methyl sites for hydroxylation is 2. The number of nitrogens with zero attached hydrogens (tertiary/aromatic N) is 4. The van der Waals surface area contributed by atoms with Crippen molar-refractivity contribution >= 4 is 11.8 Å². The van der Waals surface area contributed by atoms with Crippen molar-refractivity contribution in [2.24, 2.45) is 0 Å². The molecule has 1 fully saturated rings. The molecule has 6 heteroatoms. The van der Waals surface area contributed by atoms with Crippen LogP contribution in [0.4, 0.5) is 10.6 Å². The first-order valence-electron chi connectivity index (χ1n) is 10.3. The summed E-state index contributed by atoms with van der Waals surface area (Å²) in [4.78, 5) is 26.1. The molecule has 6 nitrogen and oxygen atoms in total. The Morgan fingerprint density at radius 1 is 1.18 bits per heavy atom. The number of urea groups is 1. The zero-order valence-corrected chi connectivity index (χ0v) is 16.6. The van der Waals surface area contributed by atoms with Crippen LogP contribution in [0, 0.1) is 0 Å². The zero-order chi connectivity index (χ0) is 19.3. The molecule has 1 atom stereocenters. The second-order valence-electron chi connectivity index (χ2n) is 7.89. The van der Waals surface area contributed by atoms with Crippen molar-refractivity contribution in [2.75, 3.05) is 25.5 Å². The summed E-state index contributed by atoms with van der Waals surface area (Å²) in [6, 6.07) is 10.5. The molecule has 1 saturated heterocycles. The number of rotatable bonds is 4. The molecule has 0 bridgehead atoms. The van der Waals surface area contributed by atoms with Gasteiger partial charge in [0.25, 0.3) is 0 Å². The van der Waals surface area contributed by atoms with E-state index in [1.807, 2.05) is 29.3 Å². The molecule has 4 rings (SSSR count). The fraction of sp³-hybridized carbons (Fsp3) is 0.500. The molecule has 1 N–H and O–H groups in total. The van der Waals surface area contributed by atoms with Crippen LogP contribution in [0.3, 0.4) is 0 Å². The van der Waals surface area contributed by atoms with Crippen LogP contribution < -0.4 is 5.32 Å². The minimum absolute atomic E-state index is 0.0292. The van der Waals surface area contributed by atoms with Crippen LogP contribution >= 0.6 is 0 Å². The maximum absolute atomic E-state index is 12.7.